The first-order chi connectivity index (χ1) is 11.9. The number of esters is 1. The van der Waals surface area contributed by atoms with Crippen LogP contribution in [0.5, 0.6) is 0 Å². The highest BCUT2D eigenvalue weighted by molar-refractivity contribution is 8.02. The molecule has 0 aliphatic carbocycles. The second-order valence-corrected chi connectivity index (χ2v) is 9.85. The predicted octanol–water partition coefficient (Wildman–Crippen LogP) is 3.98. The lowest BCUT2D eigenvalue weighted by atomic mass is 10.2. The van der Waals surface area contributed by atoms with Gasteiger partial charge >= 0.3 is 5.97 Å². The van der Waals surface area contributed by atoms with Crippen molar-refractivity contribution in [2.45, 2.75) is 23.2 Å². The van der Waals surface area contributed by atoms with Gasteiger partial charge in [0.2, 0.25) is 0 Å². The second kappa shape index (κ2) is 7.81. The average Bonchev–Trinajstić information content (AvgIpc) is 2.93. The van der Waals surface area contributed by atoms with E-state index in [9.17, 15) is 13.2 Å². The zero-order valence-electron chi connectivity index (χ0n) is 13.4. The van der Waals surface area contributed by atoms with E-state index in [1.165, 1.54) is 11.8 Å². The largest absolute Gasteiger partial charge is 0.457 e. The van der Waals surface area contributed by atoms with Crippen molar-refractivity contribution in [3.63, 3.8) is 0 Å². The molecule has 1 saturated heterocycles. The van der Waals surface area contributed by atoms with Crippen molar-refractivity contribution >= 4 is 39.2 Å². The molecule has 0 amide bonds. The smallest absolute Gasteiger partial charge is 0.339 e. The standard InChI is InChI=1S/C18H17ClO4S2/c19-14-7-5-13(6-8-14)11-23-18(20)16-3-1-2-4-17(16)24-15-9-10-25(21,22)12-15/h1-8,15H,9-12H2/t15-/m0/s1. The highest BCUT2D eigenvalue weighted by Crippen LogP contribution is 2.33. The highest BCUT2D eigenvalue weighted by atomic mass is 35.5. The molecule has 0 saturated carbocycles. The van der Waals surface area contributed by atoms with Crippen LogP contribution in [0.15, 0.2) is 53.4 Å². The van der Waals surface area contributed by atoms with Gasteiger partial charge in [0, 0.05) is 15.2 Å². The number of benzene rings is 2. The van der Waals surface area contributed by atoms with Crippen molar-refractivity contribution in [3.05, 3.63) is 64.7 Å². The van der Waals surface area contributed by atoms with Gasteiger partial charge in [-0.1, -0.05) is 35.9 Å². The Morgan fingerprint density at radius 2 is 1.88 bits per heavy atom. The number of carbonyl (C=O) groups excluding carboxylic acids is 1. The number of ether oxygens (including phenoxy) is 1. The molecule has 4 nitrogen and oxygen atoms in total. The molecule has 1 heterocycles. The summed E-state index contributed by atoms with van der Waals surface area (Å²) in [6.07, 6.45) is 0.612. The molecule has 0 bridgehead atoms. The van der Waals surface area contributed by atoms with Gasteiger partial charge in [0.1, 0.15) is 6.61 Å². The Kier molecular flexibility index (Phi) is 5.71. The van der Waals surface area contributed by atoms with E-state index in [0.717, 1.165) is 10.5 Å². The number of hydrogen-bond donors (Lipinski definition) is 0. The fourth-order valence-electron chi connectivity index (χ4n) is 2.58. The van der Waals surface area contributed by atoms with E-state index < -0.39 is 15.8 Å². The van der Waals surface area contributed by atoms with Crippen LogP contribution >= 0.6 is 23.4 Å². The fraction of sp³-hybridized carbons (Fsp3) is 0.278. The summed E-state index contributed by atoms with van der Waals surface area (Å²) >= 11 is 7.27. The Bertz CT molecular complexity index is 863. The van der Waals surface area contributed by atoms with E-state index in [1.54, 1.807) is 36.4 Å². The third kappa shape index (κ3) is 5.00. The maximum Gasteiger partial charge on any atom is 0.339 e. The fourth-order valence-corrected chi connectivity index (χ4v) is 6.32. The van der Waals surface area contributed by atoms with Crippen molar-refractivity contribution < 1.29 is 17.9 Å². The molecule has 0 radical (unpaired) electrons. The van der Waals surface area contributed by atoms with E-state index in [0.29, 0.717) is 17.0 Å². The molecule has 0 spiro atoms. The lowest BCUT2D eigenvalue weighted by Crippen LogP contribution is -2.09. The summed E-state index contributed by atoms with van der Waals surface area (Å²) in [5, 5.41) is 0.610. The van der Waals surface area contributed by atoms with Crippen molar-refractivity contribution in [2.24, 2.45) is 0 Å². The third-order valence-corrected chi connectivity index (χ3v) is 7.45. The number of thioether (sulfide) groups is 1. The van der Waals surface area contributed by atoms with Gasteiger partial charge in [0.25, 0.3) is 0 Å². The first kappa shape index (κ1) is 18.3. The number of halogens is 1. The molecule has 1 aliphatic rings. The molecule has 1 atom stereocenters. The van der Waals surface area contributed by atoms with Crippen LogP contribution in [0.25, 0.3) is 0 Å². The molecular weight excluding hydrogens is 380 g/mol. The molecular formula is C18H17ClO4S2. The van der Waals surface area contributed by atoms with Gasteiger partial charge in [0.15, 0.2) is 9.84 Å². The second-order valence-electron chi connectivity index (χ2n) is 5.84. The van der Waals surface area contributed by atoms with Gasteiger partial charge in [-0.2, -0.15) is 0 Å². The van der Waals surface area contributed by atoms with Crippen molar-refractivity contribution in [2.75, 3.05) is 11.5 Å². The minimum atomic E-state index is -2.95. The first-order valence-electron chi connectivity index (χ1n) is 7.81. The van der Waals surface area contributed by atoms with Gasteiger partial charge in [-0.3, -0.25) is 0 Å². The Morgan fingerprint density at radius 1 is 1.16 bits per heavy atom. The molecule has 2 aromatic rings. The first-order valence-corrected chi connectivity index (χ1v) is 10.9. The highest BCUT2D eigenvalue weighted by Gasteiger charge is 2.29. The van der Waals surface area contributed by atoms with Crippen molar-refractivity contribution in [1.29, 1.82) is 0 Å². The molecule has 3 rings (SSSR count). The number of hydrogen-bond acceptors (Lipinski definition) is 5. The molecule has 132 valence electrons. The number of sulfone groups is 1. The van der Waals surface area contributed by atoms with Crippen LogP contribution in [0.2, 0.25) is 5.02 Å². The Labute approximate surface area is 156 Å². The summed E-state index contributed by atoms with van der Waals surface area (Å²) < 4.78 is 28.6. The van der Waals surface area contributed by atoms with Crippen LogP contribution in [0.1, 0.15) is 22.3 Å². The van der Waals surface area contributed by atoms with Gasteiger partial charge in [-0.25, -0.2) is 13.2 Å². The van der Waals surface area contributed by atoms with Crippen LogP contribution in [-0.2, 0) is 21.2 Å². The minimum absolute atomic E-state index is 0.0183. The minimum Gasteiger partial charge on any atom is -0.457 e. The van der Waals surface area contributed by atoms with E-state index in [2.05, 4.69) is 0 Å². The molecule has 2 aromatic carbocycles. The van der Waals surface area contributed by atoms with Crippen molar-refractivity contribution in [1.82, 2.24) is 0 Å². The quantitative estimate of drug-likeness (QED) is 0.715. The summed E-state index contributed by atoms with van der Waals surface area (Å²) in [6.45, 7) is 0.160. The molecule has 25 heavy (non-hydrogen) atoms. The molecule has 0 aromatic heterocycles. The lowest BCUT2D eigenvalue weighted by molar-refractivity contribution is 0.0468. The van der Waals surface area contributed by atoms with Crippen LogP contribution in [0.4, 0.5) is 0 Å². The van der Waals surface area contributed by atoms with Crippen LogP contribution in [0.3, 0.4) is 0 Å². The summed E-state index contributed by atoms with van der Waals surface area (Å²) in [4.78, 5) is 13.2. The van der Waals surface area contributed by atoms with E-state index in [4.69, 9.17) is 16.3 Å². The molecule has 1 fully saturated rings. The lowest BCUT2D eigenvalue weighted by Gasteiger charge is -2.12. The van der Waals surface area contributed by atoms with E-state index >= 15 is 0 Å². The monoisotopic (exact) mass is 396 g/mol. The molecule has 0 N–H and O–H groups in total. The van der Waals surface area contributed by atoms with E-state index in [1.807, 2.05) is 12.1 Å². The maximum atomic E-state index is 12.4. The zero-order chi connectivity index (χ0) is 17.9. The SMILES string of the molecule is O=C(OCc1ccc(Cl)cc1)c1ccccc1S[C@H]1CCS(=O)(=O)C1. The Morgan fingerprint density at radius 3 is 2.56 bits per heavy atom. The zero-order valence-corrected chi connectivity index (χ0v) is 15.7. The third-order valence-electron chi connectivity index (χ3n) is 3.87. The van der Waals surface area contributed by atoms with E-state index in [-0.39, 0.29) is 23.4 Å². The van der Waals surface area contributed by atoms with Crippen LogP contribution < -0.4 is 0 Å². The number of rotatable bonds is 5. The molecule has 1 aliphatic heterocycles. The van der Waals surface area contributed by atoms with Crippen LogP contribution in [0, 0.1) is 0 Å². The summed E-state index contributed by atoms with van der Waals surface area (Å²) in [5.74, 6) is -0.0430. The summed E-state index contributed by atoms with van der Waals surface area (Å²) in [7, 11) is -2.95. The predicted molar refractivity (Wildman–Crippen MR) is 99.9 cm³/mol. The summed E-state index contributed by atoms with van der Waals surface area (Å²) in [5.41, 5.74) is 1.32. The van der Waals surface area contributed by atoms with Gasteiger partial charge < -0.3 is 4.74 Å². The van der Waals surface area contributed by atoms with Crippen molar-refractivity contribution in [3.8, 4) is 0 Å². The molecule has 0 unspecified atom stereocenters. The Balaban J connectivity index is 1.67. The Hall–Kier alpha value is -1.50. The number of carbonyl (C=O) groups is 1. The summed E-state index contributed by atoms with van der Waals surface area (Å²) in [6, 6.07) is 14.2. The normalized spacial score (nSPS) is 18.8. The van der Waals surface area contributed by atoms with Gasteiger partial charge in [-0.05, 0) is 36.2 Å². The maximum absolute atomic E-state index is 12.4. The topological polar surface area (TPSA) is 60.4 Å². The van der Waals surface area contributed by atoms with Crippen LogP contribution in [-0.4, -0.2) is 31.1 Å². The van der Waals surface area contributed by atoms with Gasteiger partial charge in [-0.15, -0.1) is 11.8 Å². The van der Waals surface area contributed by atoms with Gasteiger partial charge in [0.05, 0.1) is 17.1 Å². The average molecular weight is 397 g/mol. The molecule has 7 heteroatoms.